The van der Waals surface area contributed by atoms with Gasteiger partial charge in [-0.15, -0.1) is 0 Å². The Morgan fingerprint density at radius 1 is 1.26 bits per heavy atom. The molecule has 0 saturated carbocycles. The van der Waals surface area contributed by atoms with E-state index in [4.69, 9.17) is 9.47 Å². The Hall–Kier alpha value is -3.18. The van der Waals surface area contributed by atoms with E-state index < -0.39 is 15.9 Å². The van der Waals surface area contributed by atoms with Gasteiger partial charge in [0.05, 0.1) is 37.8 Å². The standard InChI is InChI=1S/C23H30N4O6S/c1-6-33-22-20(32-4)11-10-18(25-22)19(14-34(5,30)31)27-12-16-15(23(27)29)8-7-9-17(16)24-21(28)13-26(2)3/h7-11,19H,6,12-14H2,1-5H3,(H,24,28). The van der Waals surface area contributed by atoms with E-state index in [9.17, 15) is 18.0 Å². The van der Waals surface area contributed by atoms with Crippen molar-refractivity contribution < 1.29 is 27.5 Å². The molecule has 0 bridgehead atoms. The number of nitrogens with one attached hydrogen (secondary N) is 1. The molecule has 0 fully saturated rings. The number of carbonyl (C=O) groups excluding carboxylic acids is 2. The molecule has 0 saturated heterocycles. The van der Waals surface area contributed by atoms with E-state index in [2.05, 4.69) is 10.3 Å². The number of hydrogen-bond donors (Lipinski definition) is 1. The van der Waals surface area contributed by atoms with Gasteiger partial charge in [0, 0.05) is 29.6 Å². The number of benzene rings is 1. The van der Waals surface area contributed by atoms with Gasteiger partial charge >= 0.3 is 0 Å². The maximum Gasteiger partial charge on any atom is 0.257 e. The summed E-state index contributed by atoms with van der Waals surface area (Å²) in [6.07, 6.45) is 1.12. The lowest BCUT2D eigenvalue weighted by molar-refractivity contribution is -0.116. The Morgan fingerprint density at radius 2 is 2.00 bits per heavy atom. The van der Waals surface area contributed by atoms with E-state index in [0.29, 0.717) is 34.9 Å². The minimum atomic E-state index is -3.48. The van der Waals surface area contributed by atoms with Crippen LogP contribution in [-0.2, 0) is 21.2 Å². The number of amides is 2. The minimum absolute atomic E-state index is 0.129. The van der Waals surface area contributed by atoms with Crippen LogP contribution in [0.5, 0.6) is 11.6 Å². The van der Waals surface area contributed by atoms with Crippen LogP contribution >= 0.6 is 0 Å². The third-order valence-corrected chi connectivity index (χ3v) is 6.18. The van der Waals surface area contributed by atoms with Gasteiger partial charge < -0.3 is 24.6 Å². The zero-order valence-electron chi connectivity index (χ0n) is 20.0. The van der Waals surface area contributed by atoms with Gasteiger partial charge in [0.15, 0.2) is 5.75 Å². The molecule has 0 aliphatic carbocycles. The third-order valence-electron chi connectivity index (χ3n) is 5.26. The topological polar surface area (TPSA) is 118 Å². The highest BCUT2D eigenvalue weighted by atomic mass is 32.2. The average molecular weight is 491 g/mol. The molecule has 1 aliphatic rings. The van der Waals surface area contributed by atoms with Gasteiger partial charge in [0.1, 0.15) is 9.84 Å². The first-order valence-electron chi connectivity index (χ1n) is 10.8. The second-order valence-electron chi connectivity index (χ2n) is 8.34. The number of anilines is 1. The Bertz CT molecular complexity index is 1180. The fourth-order valence-electron chi connectivity index (χ4n) is 3.85. The molecule has 1 aliphatic heterocycles. The van der Waals surface area contributed by atoms with Crippen molar-refractivity contribution in [1.29, 1.82) is 0 Å². The number of methoxy groups -OCH3 is 1. The zero-order chi connectivity index (χ0) is 25.0. The second kappa shape index (κ2) is 10.4. The SMILES string of the molecule is CCOc1nc(C(CS(C)(=O)=O)N2Cc3c(NC(=O)CN(C)C)cccc3C2=O)ccc1OC. The largest absolute Gasteiger partial charge is 0.491 e. The third kappa shape index (κ3) is 5.84. The summed E-state index contributed by atoms with van der Waals surface area (Å²) in [5, 5.41) is 2.85. The first-order chi connectivity index (χ1) is 16.0. The van der Waals surface area contributed by atoms with E-state index in [1.165, 1.54) is 12.0 Å². The van der Waals surface area contributed by atoms with Crippen molar-refractivity contribution in [3.8, 4) is 11.6 Å². The van der Waals surface area contributed by atoms with Crippen molar-refractivity contribution in [2.45, 2.75) is 19.5 Å². The highest BCUT2D eigenvalue weighted by Gasteiger charge is 2.37. The molecule has 2 heterocycles. The lowest BCUT2D eigenvalue weighted by Gasteiger charge is -2.27. The highest BCUT2D eigenvalue weighted by Crippen LogP contribution is 2.37. The number of likely N-dealkylation sites (N-methyl/N-ethyl adjacent to an activating group) is 1. The van der Waals surface area contributed by atoms with Crippen molar-refractivity contribution in [3.05, 3.63) is 47.2 Å². The number of hydrogen-bond acceptors (Lipinski definition) is 8. The van der Waals surface area contributed by atoms with E-state index in [-0.39, 0.29) is 36.5 Å². The smallest absolute Gasteiger partial charge is 0.257 e. The van der Waals surface area contributed by atoms with Crippen molar-refractivity contribution in [2.75, 3.05) is 51.7 Å². The fourth-order valence-corrected chi connectivity index (χ4v) is 4.77. The van der Waals surface area contributed by atoms with Crippen LogP contribution in [0.1, 0.15) is 34.6 Å². The van der Waals surface area contributed by atoms with E-state index in [0.717, 1.165) is 6.26 Å². The number of carbonyl (C=O) groups is 2. The van der Waals surface area contributed by atoms with Gasteiger partial charge in [0.25, 0.3) is 11.8 Å². The number of rotatable bonds is 10. The summed E-state index contributed by atoms with van der Waals surface area (Å²) in [5.41, 5.74) is 1.95. The van der Waals surface area contributed by atoms with Crippen molar-refractivity contribution in [1.82, 2.24) is 14.8 Å². The van der Waals surface area contributed by atoms with Gasteiger partial charge in [-0.1, -0.05) is 6.07 Å². The van der Waals surface area contributed by atoms with Crippen molar-refractivity contribution >= 4 is 27.3 Å². The van der Waals surface area contributed by atoms with E-state index in [1.807, 2.05) is 0 Å². The molecule has 1 atom stereocenters. The summed E-state index contributed by atoms with van der Waals surface area (Å²) < 4.78 is 35.5. The quantitative estimate of drug-likeness (QED) is 0.535. The predicted octanol–water partition coefficient (Wildman–Crippen LogP) is 1.73. The van der Waals surface area contributed by atoms with Crippen LogP contribution in [0.4, 0.5) is 5.69 Å². The number of aromatic nitrogens is 1. The Kier molecular flexibility index (Phi) is 7.78. The van der Waals surface area contributed by atoms with Crippen molar-refractivity contribution in [3.63, 3.8) is 0 Å². The van der Waals surface area contributed by atoms with Crippen LogP contribution < -0.4 is 14.8 Å². The van der Waals surface area contributed by atoms with Crippen LogP contribution in [0, 0.1) is 0 Å². The summed E-state index contributed by atoms with van der Waals surface area (Å²) in [6.45, 7) is 2.46. The van der Waals surface area contributed by atoms with Crippen molar-refractivity contribution in [2.24, 2.45) is 0 Å². The monoisotopic (exact) mass is 490 g/mol. The van der Waals surface area contributed by atoms with Gasteiger partial charge in [0.2, 0.25) is 5.91 Å². The number of pyridine rings is 1. The lowest BCUT2D eigenvalue weighted by Crippen LogP contribution is -2.34. The molecule has 10 nitrogen and oxygen atoms in total. The molecule has 1 N–H and O–H groups in total. The molecular weight excluding hydrogens is 460 g/mol. The number of sulfone groups is 1. The highest BCUT2D eigenvalue weighted by molar-refractivity contribution is 7.90. The van der Waals surface area contributed by atoms with Crippen LogP contribution in [-0.4, -0.2) is 81.4 Å². The van der Waals surface area contributed by atoms with E-state index in [1.54, 1.807) is 56.3 Å². The summed E-state index contributed by atoms with van der Waals surface area (Å²) in [5.74, 6) is -0.231. The zero-order valence-corrected chi connectivity index (χ0v) is 20.8. The van der Waals surface area contributed by atoms with Crippen LogP contribution in [0.3, 0.4) is 0 Å². The molecule has 0 spiro atoms. The molecule has 2 amide bonds. The Morgan fingerprint density at radius 3 is 2.62 bits per heavy atom. The molecule has 184 valence electrons. The minimum Gasteiger partial charge on any atom is -0.491 e. The lowest BCUT2D eigenvalue weighted by atomic mass is 10.1. The summed E-state index contributed by atoms with van der Waals surface area (Å²) >= 11 is 0. The van der Waals surface area contributed by atoms with Gasteiger partial charge in [-0.3, -0.25) is 9.59 Å². The molecule has 11 heteroatoms. The molecule has 1 aromatic heterocycles. The Labute approximate surface area is 199 Å². The maximum atomic E-state index is 13.4. The summed E-state index contributed by atoms with van der Waals surface area (Å²) in [4.78, 5) is 33.4. The van der Waals surface area contributed by atoms with Crippen LogP contribution in [0.15, 0.2) is 30.3 Å². The molecule has 2 aromatic rings. The molecule has 34 heavy (non-hydrogen) atoms. The molecule has 1 aromatic carbocycles. The Balaban J connectivity index is 2.00. The van der Waals surface area contributed by atoms with Gasteiger partial charge in [-0.2, -0.15) is 0 Å². The number of fused-ring (bicyclic) bond motifs is 1. The molecule has 1 unspecified atom stereocenters. The maximum absolute atomic E-state index is 13.4. The summed E-state index contributed by atoms with van der Waals surface area (Å²) in [7, 11) is 1.57. The number of nitrogens with zero attached hydrogens (tertiary/aromatic N) is 3. The first-order valence-corrected chi connectivity index (χ1v) is 12.8. The molecular formula is C23H30N4O6S. The molecule has 3 rings (SSSR count). The average Bonchev–Trinajstić information content (AvgIpc) is 3.08. The molecule has 0 radical (unpaired) electrons. The van der Waals surface area contributed by atoms with E-state index >= 15 is 0 Å². The second-order valence-corrected chi connectivity index (χ2v) is 10.5. The normalized spacial score (nSPS) is 14.2. The summed E-state index contributed by atoms with van der Waals surface area (Å²) in [6, 6.07) is 7.51. The first kappa shape index (κ1) is 25.4. The number of ether oxygens (including phenoxy) is 2. The van der Waals surface area contributed by atoms with Crippen LogP contribution in [0.2, 0.25) is 0 Å². The predicted molar refractivity (Wildman–Crippen MR) is 128 cm³/mol. The van der Waals surface area contributed by atoms with Gasteiger partial charge in [-0.05, 0) is 45.3 Å². The van der Waals surface area contributed by atoms with Crippen LogP contribution in [0.25, 0.3) is 0 Å². The van der Waals surface area contributed by atoms with Gasteiger partial charge in [-0.25, -0.2) is 13.4 Å². The fraction of sp³-hybridized carbons (Fsp3) is 0.435.